The third kappa shape index (κ3) is 2.37. The molecule has 3 saturated heterocycles. The SMILES string of the molecule is CC1(C)O[C@H]2O[C@@H]([C@H]3COC(C)(C)O3)[C@@H](n3ccnc3)[C@H]2O1. The van der Waals surface area contributed by atoms with E-state index in [-0.39, 0.29) is 24.4 Å². The van der Waals surface area contributed by atoms with E-state index in [0.29, 0.717) is 6.61 Å². The number of nitrogens with zero attached hydrogens (tertiary/aromatic N) is 2. The number of hydrogen-bond acceptors (Lipinski definition) is 6. The second-order valence-electron chi connectivity index (χ2n) is 6.94. The lowest BCUT2D eigenvalue weighted by atomic mass is 10.0. The molecule has 0 aliphatic carbocycles. The fourth-order valence-electron chi connectivity index (χ4n) is 3.49. The Bertz CT molecular complexity index is 544. The summed E-state index contributed by atoms with van der Waals surface area (Å²) in [5, 5.41) is 0. The van der Waals surface area contributed by atoms with E-state index in [9.17, 15) is 0 Å². The van der Waals surface area contributed by atoms with Crippen LogP contribution in [0.1, 0.15) is 33.7 Å². The summed E-state index contributed by atoms with van der Waals surface area (Å²) in [6, 6.07) is -0.0585. The quantitative estimate of drug-likeness (QED) is 0.824. The lowest BCUT2D eigenvalue weighted by Gasteiger charge is -2.29. The van der Waals surface area contributed by atoms with Crippen LogP contribution in [-0.4, -0.2) is 52.3 Å². The topological polar surface area (TPSA) is 64.0 Å². The zero-order valence-electron chi connectivity index (χ0n) is 13.3. The van der Waals surface area contributed by atoms with Crippen molar-refractivity contribution in [2.45, 2.75) is 69.9 Å². The van der Waals surface area contributed by atoms with Gasteiger partial charge in [0.2, 0.25) is 0 Å². The summed E-state index contributed by atoms with van der Waals surface area (Å²) < 4.78 is 31.7. The Morgan fingerprint density at radius 2 is 1.86 bits per heavy atom. The number of imidazole rings is 1. The van der Waals surface area contributed by atoms with Gasteiger partial charge in [-0.15, -0.1) is 0 Å². The third-order valence-corrected chi connectivity index (χ3v) is 4.32. The Hall–Kier alpha value is -0.990. The van der Waals surface area contributed by atoms with Gasteiger partial charge in [-0.1, -0.05) is 0 Å². The number of aromatic nitrogens is 2. The van der Waals surface area contributed by atoms with Crippen molar-refractivity contribution in [3.8, 4) is 0 Å². The molecule has 0 aromatic carbocycles. The summed E-state index contributed by atoms with van der Waals surface area (Å²) in [6.07, 6.45) is 4.48. The normalized spacial score (nSPS) is 42.6. The summed E-state index contributed by atoms with van der Waals surface area (Å²) in [5.41, 5.74) is 0. The molecule has 4 heterocycles. The summed E-state index contributed by atoms with van der Waals surface area (Å²) in [7, 11) is 0. The third-order valence-electron chi connectivity index (χ3n) is 4.32. The molecule has 3 aliphatic heterocycles. The van der Waals surface area contributed by atoms with Gasteiger partial charge in [0.15, 0.2) is 17.9 Å². The van der Waals surface area contributed by atoms with Crippen molar-refractivity contribution in [2.75, 3.05) is 6.61 Å². The summed E-state index contributed by atoms with van der Waals surface area (Å²) in [4.78, 5) is 4.15. The lowest BCUT2D eigenvalue weighted by molar-refractivity contribution is -0.225. The Kier molecular flexibility index (Phi) is 3.15. The first kappa shape index (κ1) is 14.6. The fourth-order valence-corrected chi connectivity index (χ4v) is 3.49. The number of rotatable bonds is 2. The largest absolute Gasteiger partial charge is 0.348 e. The second kappa shape index (κ2) is 4.75. The molecule has 0 radical (unpaired) electrons. The molecule has 3 aliphatic rings. The Balaban J connectivity index is 1.62. The Morgan fingerprint density at radius 1 is 1.05 bits per heavy atom. The van der Waals surface area contributed by atoms with E-state index in [0.717, 1.165) is 0 Å². The average Bonchev–Trinajstić information content (AvgIpc) is 3.11. The standard InChI is InChI=1S/C15H22N2O5/c1-14(2)18-7-9(20-14)11-10(17-6-5-16-8-17)12-13(19-11)22-15(3,4)21-12/h5-6,8-13H,7H2,1-4H3/t9-,10-,11+,12-,13-/m1/s1. The molecule has 0 amide bonds. The molecule has 0 unspecified atom stereocenters. The van der Waals surface area contributed by atoms with Crippen LogP contribution >= 0.6 is 0 Å². The maximum absolute atomic E-state index is 6.13. The average molecular weight is 310 g/mol. The van der Waals surface area contributed by atoms with Crippen LogP contribution in [0.15, 0.2) is 18.7 Å². The first-order valence-corrected chi connectivity index (χ1v) is 7.65. The molecular weight excluding hydrogens is 288 g/mol. The van der Waals surface area contributed by atoms with Crippen molar-refractivity contribution in [1.29, 1.82) is 0 Å². The minimum atomic E-state index is -0.647. The zero-order chi connectivity index (χ0) is 15.5. The van der Waals surface area contributed by atoms with E-state index in [2.05, 4.69) is 4.98 Å². The first-order valence-electron chi connectivity index (χ1n) is 7.65. The van der Waals surface area contributed by atoms with Crippen molar-refractivity contribution < 1.29 is 23.7 Å². The van der Waals surface area contributed by atoms with E-state index < -0.39 is 17.9 Å². The highest BCUT2D eigenvalue weighted by Gasteiger charge is 2.58. The fraction of sp³-hybridized carbons (Fsp3) is 0.800. The van der Waals surface area contributed by atoms with Crippen LogP contribution in [-0.2, 0) is 23.7 Å². The number of fused-ring (bicyclic) bond motifs is 1. The van der Waals surface area contributed by atoms with Crippen molar-refractivity contribution in [2.24, 2.45) is 0 Å². The molecule has 22 heavy (non-hydrogen) atoms. The van der Waals surface area contributed by atoms with E-state index in [1.165, 1.54) is 0 Å². The van der Waals surface area contributed by atoms with Crippen molar-refractivity contribution in [3.05, 3.63) is 18.7 Å². The molecule has 1 aromatic heterocycles. The zero-order valence-corrected chi connectivity index (χ0v) is 13.3. The minimum Gasteiger partial charge on any atom is -0.348 e. The van der Waals surface area contributed by atoms with Crippen LogP contribution in [0.5, 0.6) is 0 Å². The molecule has 7 nitrogen and oxygen atoms in total. The molecule has 5 atom stereocenters. The van der Waals surface area contributed by atoms with Crippen LogP contribution in [0.4, 0.5) is 0 Å². The maximum Gasteiger partial charge on any atom is 0.189 e. The smallest absolute Gasteiger partial charge is 0.189 e. The van der Waals surface area contributed by atoms with Gasteiger partial charge in [0, 0.05) is 12.4 Å². The molecule has 3 fully saturated rings. The molecular formula is C15H22N2O5. The van der Waals surface area contributed by atoms with Gasteiger partial charge < -0.3 is 28.3 Å². The highest BCUT2D eigenvalue weighted by molar-refractivity contribution is 5.02. The van der Waals surface area contributed by atoms with Crippen molar-refractivity contribution in [1.82, 2.24) is 9.55 Å². The number of hydrogen-bond donors (Lipinski definition) is 0. The van der Waals surface area contributed by atoms with E-state index >= 15 is 0 Å². The Morgan fingerprint density at radius 3 is 2.50 bits per heavy atom. The highest BCUT2D eigenvalue weighted by atomic mass is 16.8. The van der Waals surface area contributed by atoms with Crippen LogP contribution in [0.3, 0.4) is 0 Å². The Labute approximate surface area is 129 Å². The van der Waals surface area contributed by atoms with Crippen LogP contribution in [0.2, 0.25) is 0 Å². The van der Waals surface area contributed by atoms with E-state index in [1.807, 2.05) is 38.5 Å². The molecule has 1 aromatic rings. The van der Waals surface area contributed by atoms with E-state index in [4.69, 9.17) is 23.7 Å². The molecule has 0 bridgehead atoms. The second-order valence-corrected chi connectivity index (χ2v) is 6.94. The summed E-state index contributed by atoms with van der Waals surface area (Å²) >= 11 is 0. The van der Waals surface area contributed by atoms with Gasteiger partial charge in [0.05, 0.1) is 19.0 Å². The predicted octanol–water partition coefficient (Wildman–Crippen LogP) is 1.45. The van der Waals surface area contributed by atoms with Crippen molar-refractivity contribution >= 4 is 0 Å². The van der Waals surface area contributed by atoms with Crippen LogP contribution in [0.25, 0.3) is 0 Å². The summed E-state index contributed by atoms with van der Waals surface area (Å²) in [5.74, 6) is -1.24. The van der Waals surface area contributed by atoms with Gasteiger partial charge in [-0.05, 0) is 27.7 Å². The molecule has 0 saturated carbocycles. The van der Waals surface area contributed by atoms with Gasteiger partial charge in [-0.3, -0.25) is 0 Å². The van der Waals surface area contributed by atoms with Gasteiger partial charge in [0.1, 0.15) is 18.3 Å². The van der Waals surface area contributed by atoms with Gasteiger partial charge in [-0.25, -0.2) is 4.98 Å². The van der Waals surface area contributed by atoms with Crippen LogP contribution < -0.4 is 0 Å². The van der Waals surface area contributed by atoms with Crippen molar-refractivity contribution in [3.63, 3.8) is 0 Å². The van der Waals surface area contributed by atoms with E-state index in [1.54, 1.807) is 12.5 Å². The lowest BCUT2D eigenvalue weighted by Crippen LogP contribution is -2.40. The number of ether oxygens (including phenoxy) is 5. The van der Waals surface area contributed by atoms with Gasteiger partial charge in [0.25, 0.3) is 0 Å². The van der Waals surface area contributed by atoms with Gasteiger partial charge >= 0.3 is 0 Å². The highest BCUT2D eigenvalue weighted by Crippen LogP contribution is 2.45. The van der Waals surface area contributed by atoms with Crippen LogP contribution in [0, 0.1) is 0 Å². The molecule has 4 rings (SSSR count). The summed E-state index contributed by atoms with van der Waals surface area (Å²) in [6.45, 7) is 8.10. The first-order chi connectivity index (χ1) is 10.3. The monoisotopic (exact) mass is 310 g/mol. The van der Waals surface area contributed by atoms with Gasteiger partial charge in [-0.2, -0.15) is 0 Å². The predicted molar refractivity (Wildman–Crippen MR) is 74.9 cm³/mol. The molecule has 0 spiro atoms. The maximum atomic E-state index is 6.13. The molecule has 0 N–H and O–H groups in total. The molecule has 7 heteroatoms. The minimum absolute atomic E-state index is 0.0585. The molecule has 122 valence electrons.